The number of rotatable bonds is 6. The van der Waals surface area contributed by atoms with Crippen LogP contribution in [-0.4, -0.2) is 53.7 Å². The summed E-state index contributed by atoms with van der Waals surface area (Å²) in [6, 6.07) is 7.68. The van der Waals surface area contributed by atoms with E-state index in [1.807, 2.05) is 36.1 Å². The topological polar surface area (TPSA) is 64.5 Å². The number of ether oxygens (including phenoxy) is 2. The number of benzene rings is 1. The molecule has 0 spiro atoms. The molecule has 3 rings (SSSR count). The first kappa shape index (κ1) is 18.5. The van der Waals surface area contributed by atoms with Gasteiger partial charge in [-0.1, -0.05) is 12.1 Å². The Bertz CT molecular complexity index is 751. The van der Waals surface area contributed by atoms with Crippen LogP contribution in [0.3, 0.4) is 0 Å². The Morgan fingerprint density at radius 1 is 1.35 bits per heavy atom. The molecular weight excluding hydrogens is 330 g/mol. The molecule has 2 heterocycles. The van der Waals surface area contributed by atoms with Gasteiger partial charge in [0.15, 0.2) is 0 Å². The van der Waals surface area contributed by atoms with Gasteiger partial charge in [0.25, 0.3) is 5.91 Å². The van der Waals surface area contributed by atoms with Gasteiger partial charge in [-0.05, 0) is 37.5 Å². The fraction of sp³-hybridized carbons (Fsp3) is 0.450. The van der Waals surface area contributed by atoms with E-state index in [-0.39, 0.29) is 11.9 Å². The smallest absolute Gasteiger partial charge is 0.254 e. The summed E-state index contributed by atoms with van der Waals surface area (Å²) in [5.74, 6) is 0.0483. The van der Waals surface area contributed by atoms with Crippen molar-refractivity contribution < 1.29 is 14.3 Å². The molecule has 1 aliphatic rings. The second-order valence-electron chi connectivity index (χ2n) is 6.49. The third-order valence-corrected chi connectivity index (χ3v) is 4.67. The van der Waals surface area contributed by atoms with E-state index in [0.29, 0.717) is 31.9 Å². The van der Waals surface area contributed by atoms with Crippen molar-refractivity contribution >= 4 is 5.91 Å². The first-order valence-corrected chi connectivity index (χ1v) is 8.92. The van der Waals surface area contributed by atoms with Crippen LogP contribution in [-0.2, 0) is 22.5 Å². The van der Waals surface area contributed by atoms with Crippen molar-refractivity contribution in [3.05, 3.63) is 59.2 Å². The Hall–Kier alpha value is -2.31. The highest BCUT2D eigenvalue weighted by Crippen LogP contribution is 2.18. The standard InChI is InChI=1S/C20H25N3O3/c1-15-19(22-9-8-21-15)7-6-18-14-26-11-10-23(18)20(24)17-5-3-4-16(12-17)13-25-2/h3-5,8-9,12,18H,6-7,10-11,13-14H2,1-2H3. The highest BCUT2D eigenvalue weighted by molar-refractivity contribution is 5.94. The van der Waals surface area contributed by atoms with Crippen LogP contribution in [0, 0.1) is 6.92 Å². The number of morpholine rings is 1. The molecule has 0 bridgehead atoms. The number of carbonyl (C=O) groups excluding carboxylic acids is 1. The van der Waals surface area contributed by atoms with Crippen LogP contribution in [0.5, 0.6) is 0 Å². The SMILES string of the molecule is COCc1cccc(C(=O)N2CCOCC2CCc2nccnc2C)c1. The maximum absolute atomic E-state index is 13.0. The van der Waals surface area contributed by atoms with Crippen molar-refractivity contribution in [1.82, 2.24) is 14.9 Å². The molecule has 138 valence electrons. The Morgan fingerprint density at radius 2 is 2.19 bits per heavy atom. The molecule has 0 radical (unpaired) electrons. The first-order valence-electron chi connectivity index (χ1n) is 8.92. The van der Waals surface area contributed by atoms with Crippen molar-refractivity contribution in [1.29, 1.82) is 0 Å². The summed E-state index contributed by atoms with van der Waals surface area (Å²) >= 11 is 0. The zero-order valence-electron chi connectivity index (χ0n) is 15.4. The molecule has 2 aromatic rings. The lowest BCUT2D eigenvalue weighted by atomic mass is 10.0. The maximum atomic E-state index is 13.0. The number of hydrogen-bond acceptors (Lipinski definition) is 5. The molecule has 1 unspecified atom stereocenters. The second kappa shape index (κ2) is 8.87. The Balaban J connectivity index is 1.71. The van der Waals surface area contributed by atoms with Crippen LogP contribution in [0.1, 0.15) is 33.7 Å². The molecule has 0 saturated carbocycles. The molecule has 0 aliphatic carbocycles. The summed E-state index contributed by atoms with van der Waals surface area (Å²) in [6.07, 6.45) is 5.00. The van der Waals surface area contributed by atoms with Gasteiger partial charge in [0.2, 0.25) is 0 Å². The molecule has 1 fully saturated rings. The van der Waals surface area contributed by atoms with Gasteiger partial charge in [-0.3, -0.25) is 14.8 Å². The van der Waals surface area contributed by atoms with E-state index in [9.17, 15) is 4.79 Å². The summed E-state index contributed by atoms with van der Waals surface area (Å²) in [5, 5.41) is 0. The second-order valence-corrected chi connectivity index (χ2v) is 6.49. The van der Waals surface area contributed by atoms with Crippen LogP contribution < -0.4 is 0 Å². The lowest BCUT2D eigenvalue weighted by Gasteiger charge is -2.36. The molecule has 6 heteroatoms. The van der Waals surface area contributed by atoms with Crippen LogP contribution in [0.25, 0.3) is 0 Å². The minimum atomic E-state index is 0.0451. The number of aryl methyl sites for hydroxylation is 2. The number of nitrogens with zero attached hydrogens (tertiary/aromatic N) is 3. The molecule has 1 amide bonds. The normalized spacial score (nSPS) is 17.3. The lowest BCUT2D eigenvalue weighted by molar-refractivity contribution is -0.00415. The number of amides is 1. The molecule has 1 saturated heterocycles. The van der Waals surface area contributed by atoms with E-state index < -0.39 is 0 Å². The number of aromatic nitrogens is 2. The van der Waals surface area contributed by atoms with E-state index in [4.69, 9.17) is 9.47 Å². The van der Waals surface area contributed by atoms with Crippen molar-refractivity contribution in [2.24, 2.45) is 0 Å². The Morgan fingerprint density at radius 3 is 3.00 bits per heavy atom. The molecule has 1 atom stereocenters. The van der Waals surface area contributed by atoms with Crippen LogP contribution >= 0.6 is 0 Å². The van der Waals surface area contributed by atoms with Crippen LogP contribution in [0.15, 0.2) is 36.7 Å². The van der Waals surface area contributed by atoms with Gasteiger partial charge in [0.05, 0.1) is 37.3 Å². The molecule has 1 aromatic heterocycles. The molecule has 6 nitrogen and oxygen atoms in total. The number of carbonyl (C=O) groups is 1. The van der Waals surface area contributed by atoms with Gasteiger partial charge in [-0.25, -0.2) is 0 Å². The Kier molecular flexibility index (Phi) is 6.30. The predicted octanol–water partition coefficient (Wildman–Crippen LogP) is 2.41. The van der Waals surface area contributed by atoms with E-state index >= 15 is 0 Å². The summed E-state index contributed by atoms with van der Waals surface area (Å²) in [7, 11) is 1.65. The highest BCUT2D eigenvalue weighted by atomic mass is 16.5. The molecular formula is C20H25N3O3. The molecule has 1 aromatic carbocycles. The molecule has 26 heavy (non-hydrogen) atoms. The lowest BCUT2D eigenvalue weighted by Crippen LogP contribution is -2.49. The largest absolute Gasteiger partial charge is 0.380 e. The van der Waals surface area contributed by atoms with Gasteiger partial charge in [0.1, 0.15) is 0 Å². The van der Waals surface area contributed by atoms with E-state index in [2.05, 4.69) is 9.97 Å². The fourth-order valence-corrected chi connectivity index (χ4v) is 3.27. The van der Waals surface area contributed by atoms with Crippen molar-refractivity contribution in [3.63, 3.8) is 0 Å². The van der Waals surface area contributed by atoms with Gasteiger partial charge in [-0.15, -0.1) is 0 Å². The monoisotopic (exact) mass is 355 g/mol. The van der Waals surface area contributed by atoms with Crippen molar-refractivity contribution in [3.8, 4) is 0 Å². The van der Waals surface area contributed by atoms with Crippen LogP contribution in [0.2, 0.25) is 0 Å². The zero-order chi connectivity index (χ0) is 18.4. The number of methoxy groups -OCH3 is 1. The minimum absolute atomic E-state index is 0.0451. The minimum Gasteiger partial charge on any atom is -0.380 e. The van der Waals surface area contributed by atoms with Gasteiger partial charge in [-0.2, -0.15) is 0 Å². The summed E-state index contributed by atoms with van der Waals surface area (Å²) in [5.41, 5.74) is 3.61. The zero-order valence-corrected chi connectivity index (χ0v) is 15.4. The van der Waals surface area contributed by atoms with Gasteiger partial charge < -0.3 is 14.4 Å². The quantitative estimate of drug-likeness (QED) is 0.796. The first-order chi connectivity index (χ1) is 12.7. The van der Waals surface area contributed by atoms with E-state index in [1.165, 1.54) is 0 Å². The fourth-order valence-electron chi connectivity index (χ4n) is 3.27. The number of hydrogen-bond donors (Lipinski definition) is 0. The maximum Gasteiger partial charge on any atom is 0.254 e. The Labute approximate surface area is 154 Å². The average molecular weight is 355 g/mol. The molecule has 1 aliphatic heterocycles. The molecule has 0 N–H and O–H groups in total. The third kappa shape index (κ3) is 4.45. The summed E-state index contributed by atoms with van der Waals surface area (Å²) < 4.78 is 10.8. The summed E-state index contributed by atoms with van der Waals surface area (Å²) in [6.45, 7) is 4.20. The van der Waals surface area contributed by atoms with Gasteiger partial charge in [0, 0.05) is 31.6 Å². The highest BCUT2D eigenvalue weighted by Gasteiger charge is 2.28. The third-order valence-electron chi connectivity index (χ3n) is 4.67. The van der Waals surface area contributed by atoms with Crippen molar-refractivity contribution in [2.45, 2.75) is 32.4 Å². The van der Waals surface area contributed by atoms with E-state index in [1.54, 1.807) is 19.5 Å². The van der Waals surface area contributed by atoms with Crippen LogP contribution in [0.4, 0.5) is 0 Å². The average Bonchev–Trinajstić information content (AvgIpc) is 2.67. The van der Waals surface area contributed by atoms with Crippen molar-refractivity contribution in [2.75, 3.05) is 26.9 Å². The van der Waals surface area contributed by atoms with E-state index in [0.717, 1.165) is 29.8 Å². The summed E-state index contributed by atoms with van der Waals surface area (Å²) in [4.78, 5) is 23.7. The predicted molar refractivity (Wildman–Crippen MR) is 97.9 cm³/mol. The van der Waals surface area contributed by atoms with Gasteiger partial charge >= 0.3 is 0 Å².